The standard InChI is InChI=1S/C16H17NOS/c1-10-16(19-11(2)17-10)15(18)14-9-4-3-8-13(14)12-6-5-7-12/h3-4,8-9,12H,5-7H2,1-2H3. The first-order chi connectivity index (χ1) is 9.16. The number of rotatable bonds is 3. The minimum Gasteiger partial charge on any atom is -0.288 e. The van der Waals surface area contributed by atoms with Crippen LogP contribution in [0, 0.1) is 13.8 Å². The van der Waals surface area contributed by atoms with Gasteiger partial charge < -0.3 is 0 Å². The molecular weight excluding hydrogens is 254 g/mol. The van der Waals surface area contributed by atoms with Crippen LogP contribution in [0.25, 0.3) is 0 Å². The van der Waals surface area contributed by atoms with E-state index in [2.05, 4.69) is 11.1 Å². The lowest BCUT2D eigenvalue weighted by molar-refractivity contribution is 0.104. The van der Waals surface area contributed by atoms with Crippen molar-refractivity contribution < 1.29 is 4.79 Å². The van der Waals surface area contributed by atoms with Gasteiger partial charge in [0.25, 0.3) is 0 Å². The van der Waals surface area contributed by atoms with Crippen molar-refractivity contribution in [3.8, 4) is 0 Å². The Kier molecular flexibility index (Phi) is 3.23. The van der Waals surface area contributed by atoms with Gasteiger partial charge in [-0.25, -0.2) is 4.98 Å². The number of aromatic nitrogens is 1. The van der Waals surface area contributed by atoms with Gasteiger partial charge in [0, 0.05) is 5.56 Å². The van der Waals surface area contributed by atoms with Gasteiger partial charge in [-0.1, -0.05) is 30.7 Å². The molecule has 1 heterocycles. The summed E-state index contributed by atoms with van der Waals surface area (Å²) in [7, 11) is 0. The fourth-order valence-electron chi connectivity index (χ4n) is 2.64. The third-order valence-corrected chi connectivity index (χ3v) is 4.93. The molecule has 0 saturated heterocycles. The van der Waals surface area contributed by atoms with Crippen molar-refractivity contribution in [2.45, 2.75) is 39.0 Å². The lowest BCUT2D eigenvalue weighted by atomic mass is 9.77. The van der Waals surface area contributed by atoms with Gasteiger partial charge in [-0.2, -0.15) is 0 Å². The van der Waals surface area contributed by atoms with E-state index in [1.807, 2.05) is 32.0 Å². The monoisotopic (exact) mass is 271 g/mol. The summed E-state index contributed by atoms with van der Waals surface area (Å²) >= 11 is 1.50. The van der Waals surface area contributed by atoms with Gasteiger partial charge >= 0.3 is 0 Å². The lowest BCUT2D eigenvalue weighted by Gasteiger charge is -2.27. The van der Waals surface area contributed by atoms with Crippen molar-refractivity contribution in [3.63, 3.8) is 0 Å². The summed E-state index contributed by atoms with van der Waals surface area (Å²) < 4.78 is 0. The zero-order chi connectivity index (χ0) is 13.4. The molecule has 2 aromatic rings. The zero-order valence-electron chi connectivity index (χ0n) is 11.3. The highest BCUT2D eigenvalue weighted by Crippen LogP contribution is 2.38. The maximum Gasteiger partial charge on any atom is 0.205 e. The molecule has 19 heavy (non-hydrogen) atoms. The first-order valence-electron chi connectivity index (χ1n) is 6.74. The van der Waals surface area contributed by atoms with E-state index >= 15 is 0 Å². The van der Waals surface area contributed by atoms with Crippen molar-refractivity contribution in [1.82, 2.24) is 4.98 Å². The van der Waals surface area contributed by atoms with E-state index in [1.165, 1.54) is 36.2 Å². The molecule has 0 radical (unpaired) electrons. The predicted molar refractivity (Wildman–Crippen MR) is 78.1 cm³/mol. The van der Waals surface area contributed by atoms with E-state index in [9.17, 15) is 4.79 Å². The molecule has 98 valence electrons. The Morgan fingerprint density at radius 2 is 2.00 bits per heavy atom. The highest BCUT2D eigenvalue weighted by atomic mass is 32.1. The van der Waals surface area contributed by atoms with Crippen LogP contribution in [-0.2, 0) is 0 Å². The third kappa shape index (κ3) is 2.23. The summed E-state index contributed by atoms with van der Waals surface area (Å²) in [5, 5.41) is 0.960. The van der Waals surface area contributed by atoms with Crippen LogP contribution in [-0.4, -0.2) is 10.8 Å². The van der Waals surface area contributed by atoms with Crippen LogP contribution >= 0.6 is 11.3 Å². The normalized spacial score (nSPS) is 15.3. The largest absolute Gasteiger partial charge is 0.288 e. The maximum absolute atomic E-state index is 12.7. The molecule has 1 fully saturated rings. The Morgan fingerprint density at radius 3 is 2.58 bits per heavy atom. The van der Waals surface area contributed by atoms with Crippen molar-refractivity contribution in [2.75, 3.05) is 0 Å². The topological polar surface area (TPSA) is 30.0 Å². The van der Waals surface area contributed by atoms with Gasteiger partial charge in [-0.05, 0) is 38.2 Å². The minimum atomic E-state index is 0.144. The summed E-state index contributed by atoms with van der Waals surface area (Å²) in [5.74, 6) is 0.722. The Labute approximate surface area is 117 Å². The summed E-state index contributed by atoms with van der Waals surface area (Å²) in [6.07, 6.45) is 3.71. The van der Waals surface area contributed by atoms with Gasteiger partial charge in [-0.15, -0.1) is 11.3 Å². The molecule has 0 bridgehead atoms. The smallest absolute Gasteiger partial charge is 0.205 e. The van der Waals surface area contributed by atoms with Crippen molar-refractivity contribution in [1.29, 1.82) is 0 Å². The molecule has 3 heteroatoms. The minimum absolute atomic E-state index is 0.144. The average Bonchev–Trinajstić information content (AvgIpc) is 2.66. The lowest BCUT2D eigenvalue weighted by Crippen LogP contribution is -2.14. The van der Waals surface area contributed by atoms with Crippen molar-refractivity contribution in [2.24, 2.45) is 0 Å². The van der Waals surface area contributed by atoms with E-state index in [-0.39, 0.29) is 5.78 Å². The van der Waals surface area contributed by atoms with Gasteiger partial charge in [0.05, 0.1) is 15.6 Å². The Bertz CT molecular complexity index is 625. The summed E-state index contributed by atoms with van der Waals surface area (Å²) in [6.45, 7) is 3.87. The first kappa shape index (κ1) is 12.5. The molecule has 1 aliphatic rings. The van der Waals surface area contributed by atoms with Gasteiger partial charge in [0.15, 0.2) is 0 Å². The van der Waals surface area contributed by atoms with Crippen LogP contribution in [0.2, 0.25) is 0 Å². The molecule has 0 N–H and O–H groups in total. The maximum atomic E-state index is 12.7. The molecule has 0 unspecified atom stereocenters. The second-order valence-electron chi connectivity index (χ2n) is 5.19. The number of thiazole rings is 1. The Balaban J connectivity index is 2.02. The van der Waals surface area contributed by atoms with E-state index < -0.39 is 0 Å². The van der Waals surface area contributed by atoms with E-state index in [1.54, 1.807) is 0 Å². The number of hydrogen-bond acceptors (Lipinski definition) is 3. The molecule has 0 atom stereocenters. The average molecular weight is 271 g/mol. The molecule has 1 aromatic heterocycles. The van der Waals surface area contributed by atoms with Crippen molar-refractivity contribution >= 4 is 17.1 Å². The number of nitrogens with zero attached hydrogens (tertiary/aromatic N) is 1. The van der Waals surface area contributed by atoms with Crippen LogP contribution < -0.4 is 0 Å². The van der Waals surface area contributed by atoms with Crippen LogP contribution in [0.5, 0.6) is 0 Å². The fraction of sp³-hybridized carbons (Fsp3) is 0.375. The predicted octanol–water partition coefficient (Wildman–Crippen LogP) is 4.26. The molecule has 0 amide bonds. The number of carbonyl (C=O) groups is 1. The van der Waals surface area contributed by atoms with E-state index in [0.29, 0.717) is 5.92 Å². The summed E-state index contributed by atoms with van der Waals surface area (Å²) in [5.41, 5.74) is 2.96. The number of ketones is 1. The number of carbonyl (C=O) groups excluding carboxylic acids is 1. The second kappa shape index (κ2) is 4.89. The van der Waals surface area contributed by atoms with E-state index in [0.717, 1.165) is 21.1 Å². The number of aryl methyl sites for hydroxylation is 2. The number of hydrogen-bond donors (Lipinski definition) is 0. The van der Waals surface area contributed by atoms with Gasteiger partial charge in [0.2, 0.25) is 5.78 Å². The van der Waals surface area contributed by atoms with Crippen LogP contribution in [0.4, 0.5) is 0 Å². The second-order valence-corrected chi connectivity index (χ2v) is 6.39. The quantitative estimate of drug-likeness (QED) is 0.781. The van der Waals surface area contributed by atoms with Crippen molar-refractivity contribution in [3.05, 3.63) is 51.0 Å². The SMILES string of the molecule is Cc1nc(C)c(C(=O)c2ccccc2C2CCC2)s1. The van der Waals surface area contributed by atoms with Crippen LogP contribution in [0.1, 0.15) is 56.7 Å². The van der Waals surface area contributed by atoms with Crippen LogP contribution in [0.3, 0.4) is 0 Å². The number of benzene rings is 1. The molecular formula is C16H17NOS. The molecule has 2 nitrogen and oxygen atoms in total. The Morgan fingerprint density at radius 1 is 1.26 bits per heavy atom. The molecule has 1 aromatic carbocycles. The zero-order valence-corrected chi connectivity index (χ0v) is 12.1. The fourth-order valence-corrected chi connectivity index (χ4v) is 3.52. The molecule has 0 aliphatic heterocycles. The highest BCUT2D eigenvalue weighted by Gasteiger charge is 2.26. The molecule has 1 saturated carbocycles. The van der Waals surface area contributed by atoms with Crippen LogP contribution in [0.15, 0.2) is 24.3 Å². The summed E-state index contributed by atoms with van der Waals surface area (Å²) in [6, 6.07) is 8.07. The highest BCUT2D eigenvalue weighted by molar-refractivity contribution is 7.14. The van der Waals surface area contributed by atoms with E-state index in [4.69, 9.17) is 0 Å². The molecule has 3 rings (SSSR count). The summed E-state index contributed by atoms with van der Waals surface area (Å²) in [4.78, 5) is 17.9. The molecule has 1 aliphatic carbocycles. The first-order valence-corrected chi connectivity index (χ1v) is 7.56. The Hall–Kier alpha value is -1.48. The third-order valence-electron chi connectivity index (χ3n) is 3.86. The van der Waals surface area contributed by atoms with Gasteiger partial charge in [0.1, 0.15) is 0 Å². The van der Waals surface area contributed by atoms with Gasteiger partial charge in [-0.3, -0.25) is 4.79 Å². The molecule has 0 spiro atoms.